The van der Waals surface area contributed by atoms with Crippen LogP contribution in [0.2, 0.25) is 0 Å². The summed E-state index contributed by atoms with van der Waals surface area (Å²) in [6, 6.07) is 16.3. The molecule has 0 saturated carbocycles. The molecule has 122 valence electrons. The Morgan fingerprint density at radius 1 is 1.00 bits per heavy atom. The first-order chi connectivity index (χ1) is 11.6. The SMILES string of the molecule is O=C1[C@@H]2C[C@@H](O)CN2C(=O)c2ccccc2N1Cc1ccccc1. The summed E-state index contributed by atoms with van der Waals surface area (Å²) >= 11 is 0. The van der Waals surface area contributed by atoms with Gasteiger partial charge in [-0.25, -0.2) is 0 Å². The van der Waals surface area contributed by atoms with E-state index in [0.29, 0.717) is 24.2 Å². The number of para-hydroxylation sites is 1. The van der Waals surface area contributed by atoms with Crippen LogP contribution in [0, 0.1) is 0 Å². The van der Waals surface area contributed by atoms with Crippen molar-refractivity contribution in [2.45, 2.75) is 25.1 Å². The highest BCUT2D eigenvalue weighted by Crippen LogP contribution is 2.33. The van der Waals surface area contributed by atoms with E-state index in [1.165, 1.54) is 4.90 Å². The molecule has 2 amide bonds. The summed E-state index contributed by atoms with van der Waals surface area (Å²) in [7, 11) is 0. The molecule has 2 aliphatic heterocycles. The first-order valence-electron chi connectivity index (χ1n) is 8.08. The van der Waals surface area contributed by atoms with Crippen molar-refractivity contribution in [1.29, 1.82) is 0 Å². The predicted octanol–water partition coefficient (Wildman–Crippen LogP) is 1.81. The summed E-state index contributed by atoms with van der Waals surface area (Å²) in [5.41, 5.74) is 2.15. The predicted molar refractivity (Wildman–Crippen MR) is 89.5 cm³/mol. The fraction of sp³-hybridized carbons (Fsp3) is 0.263. The lowest BCUT2D eigenvalue weighted by Gasteiger charge is -2.25. The topological polar surface area (TPSA) is 60.9 Å². The fourth-order valence-corrected chi connectivity index (χ4v) is 3.54. The van der Waals surface area contributed by atoms with Crippen molar-refractivity contribution >= 4 is 17.5 Å². The number of amides is 2. The van der Waals surface area contributed by atoms with Gasteiger partial charge in [0.2, 0.25) is 5.91 Å². The Balaban J connectivity index is 1.80. The van der Waals surface area contributed by atoms with E-state index in [9.17, 15) is 14.7 Å². The normalized spacial score (nSPS) is 23.0. The van der Waals surface area contributed by atoms with E-state index in [-0.39, 0.29) is 18.4 Å². The number of aliphatic hydroxyl groups is 1. The highest BCUT2D eigenvalue weighted by atomic mass is 16.3. The molecule has 2 atom stereocenters. The summed E-state index contributed by atoms with van der Waals surface area (Å²) in [6.45, 7) is 0.618. The molecule has 0 bridgehead atoms. The van der Waals surface area contributed by atoms with Gasteiger partial charge in [-0.15, -0.1) is 0 Å². The molecule has 0 aliphatic carbocycles. The van der Waals surface area contributed by atoms with Crippen LogP contribution >= 0.6 is 0 Å². The third kappa shape index (κ3) is 2.37. The highest BCUT2D eigenvalue weighted by Gasteiger charge is 2.44. The molecule has 1 N–H and O–H groups in total. The molecule has 24 heavy (non-hydrogen) atoms. The summed E-state index contributed by atoms with van der Waals surface area (Å²) in [5.74, 6) is -0.315. The molecule has 2 aromatic rings. The smallest absolute Gasteiger partial charge is 0.256 e. The fourth-order valence-electron chi connectivity index (χ4n) is 3.54. The Labute approximate surface area is 140 Å². The van der Waals surface area contributed by atoms with E-state index >= 15 is 0 Å². The lowest BCUT2D eigenvalue weighted by atomic mass is 10.1. The number of anilines is 1. The molecule has 2 heterocycles. The molecule has 2 aromatic carbocycles. The quantitative estimate of drug-likeness (QED) is 0.917. The average molecular weight is 322 g/mol. The van der Waals surface area contributed by atoms with Crippen LogP contribution in [0.5, 0.6) is 0 Å². The Bertz CT molecular complexity index is 790. The maximum absolute atomic E-state index is 13.1. The van der Waals surface area contributed by atoms with Gasteiger partial charge in [-0.1, -0.05) is 42.5 Å². The van der Waals surface area contributed by atoms with Gasteiger partial charge in [0.05, 0.1) is 23.9 Å². The van der Waals surface area contributed by atoms with Gasteiger partial charge in [0.1, 0.15) is 6.04 Å². The van der Waals surface area contributed by atoms with Gasteiger partial charge in [-0.3, -0.25) is 9.59 Å². The lowest BCUT2D eigenvalue weighted by Crippen LogP contribution is -2.44. The summed E-state index contributed by atoms with van der Waals surface area (Å²) < 4.78 is 0. The van der Waals surface area contributed by atoms with Crippen molar-refractivity contribution in [1.82, 2.24) is 4.90 Å². The number of nitrogens with zero attached hydrogens (tertiary/aromatic N) is 2. The molecule has 1 saturated heterocycles. The molecule has 5 nitrogen and oxygen atoms in total. The zero-order valence-corrected chi connectivity index (χ0v) is 13.1. The van der Waals surface area contributed by atoms with Crippen molar-refractivity contribution in [3.8, 4) is 0 Å². The van der Waals surface area contributed by atoms with Crippen LogP contribution in [0.3, 0.4) is 0 Å². The first-order valence-corrected chi connectivity index (χ1v) is 8.08. The van der Waals surface area contributed by atoms with Gasteiger partial charge < -0.3 is 14.9 Å². The van der Waals surface area contributed by atoms with Crippen molar-refractivity contribution in [2.24, 2.45) is 0 Å². The summed E-state index contributed by atoms with van der Waals surface area (Å²) in [6.07, 6.45) is -0.351. The number of carbonyl (C=O) groups is 2. The number of hydrogen-bond donors (Lipinski definition) is 1. The van der Waals surface area contributed by atoms with E-state index in [0.717, 1.165) is 5.56 Å². The van der Waals surface area contributed by atoms with Crippen LogP contribution in [-0.2, 0) is 11.3 Å². The molecular formula is C19H18N2O3. The maximum Gasteiger partial charge on any atom is 0.256 e. The molecule has 0 radical (unpaired) electrons. The van der Waals surface area contributed by atoms with E-state index in [1.54, 1.807) is 17.0 Å². The zero-order chi connectivity index (χ0) is 16.7. The van der Waals surface area contributed by atoms with Gasteiger partial charge >= 0.3 is 0 Å². The van der Waals surface area contributed by atoms with Crippen molar-refractivity contribution in [3.63, 3.8) is 0 Å². The molecule has 0 aromatic heterocycles. The third-order valence-corrected chi connectivity index (χ3v) is 4.70. The van der Waals surface area contributed by atoms with Crippen LogP contribution in [0.1, 0.15) is 22.3 Å². The standard InChI is InChI=1S/C19H18N2O3/c22-14-10-17-19(24)20(11-13-6-2-1-3-7-13)16-9-5-4-8-15(16)18(23)21(17)12-14/h1-9,14,17,22H,10-12H2/t14-,17+/m1/s1. The number of rotatable bonds is 2. The minimum absolute atomic E-state index is 0.131. The molecule has 2 aliphatic rings. The largest absolute Gasteiger partial charge is 0.391 e. The molecule has 5 heteroatoms. The van der Waals surface area contributed by atoms with E-state index in [4.69, 9.17) is 0 Å². The minimum atomic E-state index is -0.647. The van der Waals surface area contributed by atoms with Gasteiger partial charge in [0.25, 0.3) is 5.91 Å². The van der Waals surface area contributed by atoms with Crippen LogP contribution in [-0.4, -0.2) is 40.5 Å². The van der Waals surface area contributed by atoms with E-state index in [1.807, 2.05) is 42.5 Å². The second-order valence-corrected chi connectivity index (χ2v) is 6.29. The molecule has 0 unspecified atom stereocenters. The Hall–Kier alpha value is -2.66. The minimum Gasteiger partial charge on any atom is -0.391 e. The number of benzene rings is 2. The van der Waals surface area contributed by atoms with Crippen LogP contribution < -0.4 is 4.90 Å². The van der Waals surface area contributed by atoms with E-state index in [2.05, 4.69) is 0 Å². The lowest BCUT2D eigenvalue weighted by molar-refractivity contribution is -0.122. The second-order valence-electron chi connectivity index (χ2n) is 6.29. The van der Waals surface area contributed by atoms with E-state index < -0.39 is 12.1 Å². The number of carbonyl (C=O) groups excluding carboxylic acids is 2. The van der Waals surface area contributed by atoms with Crippen molar-refractivity contribution in [2.75, 3.05) is 11.4 Å². The average Bonchev–Trinajstić information content (AvgIpc) is 2.98. The Morgan fingerprint density at radius 2 is 1.71 bits per heavy atom. The number of aliphatic hydroxyl groups excluding tert-OH is 1. The molecule has 4 rings (SSSR count). The van der Waals surface area contributed by atoms with Crippen LogP contribution in [0.15, 0.2) is 54.6 Å². The molecule has 0 spiro atoms. The van der Waals surface area contributed by atoms with Gasteiger partial charge in [-0.2, -0.15) is 0 Å². The van der Waals surface area contributed by atoms with Crippen molar-refractivity contribution < 1.29 is 14.7 Å². The first kappa shape index (κ1) is 14.9. The second kappa shape index (κ2) is 5.76. The number of fused-ring (bicyclic) bond motifs is 2. The highest BCUT2D eigenvalue weighted by molar-refractivity contribution is 6.11. The van der Waals surface area contributed by atoms with Crippen LogP contribution in [0.4, 0.5) is 5.69 Å². The summed E-state index contributed by atoms with van der Waals surface area (Å²) in [4.78, 5) is 29.1. The molecule has 1 fully saturated rings. The zero-order valence-electron chi connectivity index (χ0n) is 13.1. The Kier molecular flexibility index (Phi) is 3.58. The summed E-state index contributed by atoms with van der Waals surface area (Å²) in [5, 5.41) is 9.95. The molecular weight excluding hydrogens is 304 g/mol. The maximum atomic E-state index is 13.1. The van der Waals surface area contributed by atoms with Gasteiger partial charge in [-0.05, 0) is 17.7 Å². The monoisotopic (exact) mass is 322 g/mol. The van der Waals surface area contributed by atoms with Crippen molar-refractivity contribution in [3.05, 3.63) is 65.7 Å². The number of hydrogen-bond acceptors (Lipinski definition) is 3. The third-order valence-electron chi connectivity index (χ3n) is 4.70. The van der Waals surface area contributed by atoms with Gasteiger partial charge in [0.15, 0.2) is 0 Å². The van der Waals surface area contributed by atoms with Gasteiger partial charge in [0, 0.05) is 13.0 Å². The Morgan fingerprint density at radius 3 is 2.50 bits per heavy atom. The van der Waals surface area contributed by atoms with Crippen LogP contribution in [0.25, 0.3) is 0 Å².